The first-order valence-electron chi connectivity index (χ1n) is 6.61. The van der Waals surface area contributed by atoms with E-state index in [4.69, 9.17) is 21.1 Å². The molecule has 0 saturated heterocycles. The fraction of sp³-hybridized carbons (Fsp3) is 0. The van der Waals surface area contributed by atoms with Crippen LogP contribution in [0.4, 0.5) is 11.4 Å². The molecule has 0 heterocycles. The van der Waals surface area contributed by atoms with Crippen molar-refractivity contribution in [1.29, 1.82) is 10.7 Å². The minimum absolute atomic E-state index is 0.129. The lowest BCUT2D eigenvalue weighted by molar-refractivity contribution is -0.385. The van der Waals surface area contributed by atoms with Gasteiger partial charge in [-0.15, -0.1) is 0 Å². The number of rotatable bonds is 6. The predicted molar refractivity (Wildman–Crippen MR) is 88.2 cm³/mol. The number of benzene rings is 2. The van der Waals surface area contributed by atoms with E-state index in [1.165, 1.54) is 12.1 Å². The molecule has 2 rings (SSSR count). The molecule has 0 fully saturated rings. The lowest BCUT2D eigenvalue weighted by Crippen LogP contribution is -2.21. The molecular formula is C15H12N6O3. The number of hydrogen-bond donors (Lipinski definition) is 3. The summed E-state index contributed by atoms with van der Waals surface area (Å²) < 4.78 is 5.50. The van der Waals surface area contributed by atoms with Crippen molar-refractivity contribution in [3.05, 3.63) is 58.6 Å². The minimum atomic E-state index is -0.523. The van der Waals surface area contributed by atoms with E-state index in [1.54, 1.807) is 42.5 Å². The fourth-order valence-corrected chi connectivity index (χ4v) is 1.68. The summed E-state index contributed by atoms with van der Waals surface area (Å²) in [5.74, 6) is 0.0804. The zero-order valence-electron chi connectivity index (χ0n) is 12.3. The number of nitrogens with two attached hydrogens (primary N) is 1. The Morgan fingerprint density at radius 1 is 1.29 bits per heavy atom. The average molecular weight is 324 g/mol. The molecule has 2 aromatic rings. The molecule has 0 aliphatic rings. The van der Waals surface area contributed by atoms with Gasteiger partial charge in [0.2, 0.25) is 11.5 Å². The second-order valence-corrected chi connectivity index (χ2v) is 4.45. The molecule has 9 nitrogen and oxygen atoms in total. The minimum Gasteiger partial charge on any atom is -0.450 e. The van der Waals surface area contributed by atoms with Gasteiger partial charge in [0, 0.05) is 6.07 Å². The molecule has 24 heavy (non-hydrogen) atoms. The smallest absolute Gasteiger partial charge is 0.311 e. The normalized spacial score (nSPS) is 10.5. The van der Waals surface area contributed by atoms with E-state index in [9.17, 15) is 10.1 Å². The summed E-state index contributed by atoms with van der Waals surface area (Å²) in [5.41, 5.74) is 7.90. The van der Waals surface area contributed by atoms with Crippen molar-refractivity contribution >= 4 is 22.9 Å². The molecule has 0 saturated carbocycles. The molecule has 4 N–H and O–H groups in total. The van der Waals surface area contributed by atoms with Crippen molar-refractivity contribution < 1.29 is 9.66 Å². The molecule has 2 aromatic carbocycles. The standard InChI is InChI=1S/C15H12N6O3/c16-9-12(15(17)18)20-19-10-5-7-11(8-6-10)24-14-4-2-1-3-13(14)21(22)23/h1-8,19H,(H3,17,18)/b20-12+. The molecule has 0 atom stereocenters. The second kappa shape index (κ2) is 7.37. The number of ether oxygens (including phenoxy) is 1. The van der Waals surface area contributed by atoms with E-state index < -0.39 is 10.8 Å². The van der Waals surface area contributed by atoms with Crippen LogP contribution in [0.25, 0.3) is 0 Å². The van der Waals surface area contributed by atoms with Gasteiger partial charge in [0.15, 0.2) is 5.84 Å². The Labute approximate surface area is 136 Å². The van der Waals surface area contributed by atoms with Crippen LogP contribution in [0.1, 0.15) is 0 Å². The van der Waals surface area contributed by atoms with Crippen LogP contribution in [0, 0.1) is 26.9 Å². The van der Waals surface area contributed by atoms with Gasteiger partial charge in [0.05, 0.1) is 10.6 Å². The van der Waals surface area contributed by atoms with E-state index in [1.807, 2.05) is 0 Å². The number of anilines is 1. The highest BCUT2D eigenvalue weighted by molar-refractivity contribution is 6.45. The maximum Gasteiger partial charge on any atom is 0.311 e. The van der Waals surface area contributed by atoms with Crippen LogP contribution in [0.2, 0.25) is 0 Å². The van der Waals surface area contributed by atoms with Gasteiger partial charge < -0.3 is 10.5 Å². The quantitative estimate of drug-likeness (QED) is 0.321. The summed E-state index contributed by atoms with van der Waals surface area (Å²) in [4.78, 5) is 10.4. The van der Waals surface area contributed by atoms with E-state index in [0.29, 0.717) is 11.4 Å². The largest absolute Gasteiger partial charge is 0.450 e. The lowest BCUT2D eigenvalue weighted by atomic mass is 10.3. The van der Waals surface area contributed by atoms with Gasteiger partial charge in [-0.3, -0.25) is 20.9 Å². The summed E-state index contributed by atoms with van der Waals surface area (Å²) in [6.45, 7) is 0. The average Bonchev–Trinajstić information content (AvgIpc) is 2.57. The third-order valence-electron chi connectivity index (χ3n) is 2.80. The Hall–Kier alpha value is -3.93. The SMILES string of the molecule is N#C/C(=N\Nc1ccc(Oc2ccccc2[N+](=O)[O-])cc1)C(=N)N. The van der Waals surface area contributed by atoms with Crippen LogP contribution in [-0.2, 0) is 0 Å². The number of amidine groups is 1. The first-order chi connectivity index (χ1) is 11.5. The van der Waals surface area contributed by atoms with Crippen molar-refractivity contribution in [2.45, 2.75) is 0 Å². The van der Waals surface area contributed by atoms with Crippen molar-refractivity contribution in [3.8, 4) is 17.6 Å². The molecule has 0 aromatic heterocycles. The molecule has 0 amide bonds. The van der Waals surface area contributed by atoms with Crippen LogP contribution in [-0.4, -0.2) is 16.5 Å². The highest BCUT2D eigenvalue weighted by Crippen LogP contribution is 2.31. The number of nitrogens with one attached hydrogen (secondary N) is 2. The molecule has 0 radical (unpaired) electrons. The monoisotopic (exact) mass is 324 g/mol. The van der Waals surface area contributed by atoms with E-state index in [0.717, 1.165) is 0 Å². The fourth-order valence-electron chi connectivity index (χ4n) is 1.68. The Balaban J connectivity index is 2.12. The summed E-state index contributed by atoms with van der Waals surface area (Å²) >= 11 is 0. The first kappa shape index (κ1) is 16.4. The maximum atomic E-state index is 10.9. The number of hydrogen-bond acceptors (Lipinski definition) is 7. The number of nitrogens with zero attached hydrogens (tertiary/aromatic N) is 3. The molecule has 0 bridgehead atoms. The van der Waals surface area contributed by atoms with Gasteiger partial charge in [-0.1, -0.05) is 12.1 Å². The van der Waals surface area contributed by atoms with Crippen LogP contribution in [0.5, 0.6) is 11.5 Å². The molecule has 120 valence electrons. The van der Waals surface area contributed by atoms with Crippen LogP contribution < -0.4 is 15.9 Å². The molecular weight excluding hydrogens is 312 g/mol. The number of para-hydroxylation sites is 2. The van der Waals surface area contributed by atoms with Crippen LogP contribution >= 0.6 is 0 Å². The van der Waals surface area contributed by atoms with Gasteiger partial charge in [0.1, 0.15) is 11.8 Å². The van der Waals surface area contributed by atoms with Crippen molar-refractivity contribution in [2.24, 2.45) is 10.8 Å². The molecule has 0 spiro atoms. The van der Waals surface area contributed by atoms with Crippen LogP contribution in [0.3, 0.4) is 0 Å². The van der Waals surface area contributed by atoms with E-state index >= 15 is 0 Å². The van der Waals surface area contributed by atoms with Gasteiger partial charge in [-0.25, -0.2) is 0 Å². The molecule has 9 heteroatoms. The summed E-state index contributed by atoms with van der Waals surface area (Å²) in [6.07, 6.45) is 0. The van der Waals surface area contributed by atoms with Crippen molar-refractivity contribution in [1.82, 2.24) is 0 Å². The van der Waals surface area contributed by atoms with Gasteiger partial charge in [-0.05, 0) is 30.3 Å². The van der Waals surface area contributed by atoms with Gasteiger partial charge in [0.25, 0.3) is 0 Å². The molecule has 0 aliphatic heterocycles. The number of hydrazone groups is 1. The van der Waals surface area contributed by atoms with E-state index in [-0.39, 0.29) is 17.1 Å². The van der Waals surface area contributed by atoms with E-state index in [2.05, 4.69) is 10.5 Å². The summed E-state index contributed by atoms with van der Waals surface area (Å²) in [6, 6.07) is 14.1. The molecule has 0 unspecified atom stereocenters. The highest BCUT2D eigenvalue weighted by Gasteiger charge is 2.14. The highest BCUT2D eigenvalue weighted by atomic mass is 16.6. The predicted octanol–water partition coefficient (Wildman–Crippen LogP) is 2.61. The van der Waals surface area contributed by atoms with Crippen LogP contribution in [0.15, 0.2) is 53.6 Å². The second-order valence-electron chi connectivity index (χ2n) is 4.45. The Bertz CT molecular complexity index is 839. The maximum absolute atomic E-state index is 10.9. The Kier molecular flexibility index (Phi) is 5.05. The zero-order chi connectivity index (χ0) is 17.5. The number of nitro groups is 1. The summed E-state index contributed by atoms with van der Waals surface area (Å²) in [7, 11) is 0. The summed E-state index contributed by atoms with van der Waals surface area (Å²) in [5, 5.41) is 30.5. The molecule has 0 aliphatic carbocycles. The first-order valence-corrected chi connectivity index (χ1v) is 6.61. The number of nitriles is 1. The lowest BCUT2D eigenvalue weighted by Gasteiger charge is -2.07. The topological polar surface area (TPSA) is 150 Å². The third kappa shape index (κ3) is 4.05. The van der Waals surface area contributed by atoms with Crippen molar-refractivity contribution in [3.63, 3.8) is 0 Å². The number of nitro benzene ring substituents is 1. The Morgan fingerprint density at radius 2 is 1.96 bits per heavy atom. The van der Waals surface area contributed by atoms with Gasteiger partial charge >= 0.3 is 5.69 Å². The van der Waals surface area contributed by atoms with Gasteiger partial charge in [-0.2, -0.15) is 10.4 Å². The Morgan fingerprint density at radius 3 is 2.54 bits per heavy atom. The van der Waals surface area contributed by atoms with Crippen molar-refractivity contribution in [2.75, 3.05) is 5.43 Å². The third-order valence-corrected chi connectivity index (χ3v) is 2.80. The zero-order valence-corrected chi connectivity index (χ0v) is 12.3.